The Balaban J connectivity index is 2.01. The predicted octanol–water partition coefficient (Wildman–Crippen LogP) is 2.72. The average Bonchev–Trinajstić information content (AvgIpc) is 2.24. The zero-order valence-electron chi connectivity index (χ0n) is 9.17. The van der Waals surface area contributed by atoms with Crippen LogP contribution < -0.4 is 0 Å². The van der Waals surface area contributed by atoms with Crippen molar-refractivity contribution in [2.75, 3.05) is 0 Å². The summed E-state index contributed by atoms with van der Waals surface area (Å²) in [5.74, 6) is -1.40. The summed E-state index contributed by atoms with van der Waals surface area (Å²) >= 11 is 0. The molecule has 0 aromatic carbocycles. The Morgan fingerprint density at radius 3 is 2.78 bits per heavy atom. The fourth-order valence-corrected chi connectivity index (χ4v) is 1.71. The SMILES string of the molecule is C=C(C(=O)OC1CC2=C=C(O)CC=C21)C(F)(F)F. The van der Waals surface area contributed by atoms with Crippen molar-refractivity contribution in [2.45, 2.75) is 25.1 Å². The third-order valence-corrected chi connectivity index (χ3v) is 2.73. The van der Waals surface area contributed by atoms with E-state index in [1.807, 2.05) is 0 Å². The van der Waals surface area contributed by atoms with Gasteiger partial charge in [0.25, 0.3) is 0 Å². The number of carbonyl (C=O) groups excluding carboxylic acids is 1. The molecule has 0 radical (unpaired) electrons. The van der Waals surface area contributed by atoms with Gasteiger partial charge in [-0.15, -0.1) is 0 Å². The zero-order chi connectivity index (χ0) is 13.5. The number of alkyl halides is 3. The van der Waals surface area contributed by atoms with Crippen molar-refractivity contribution >= 4 is 5.97 Å². The molecule has 0 spiro atoms. The lowest BCUT2D eigenvalue weighted by molar-refractivity contribution is -0.154. The molecule has 1 fully saturated rings. The van der Waals surface area contributed by atoms with Gasteiger partial charge in [-0.3, -0.25) is 0 Å². The summed E-state index contributed by atoms with van der Waals surface area (Å²) in [4.78, 5) is 11.2. The van der Waals surface area contributed by atoms with Gasteiger partial charge in [0.15, 0.2) is 0 Å². The maximum absolute atomic E-state index is 12.2. The van der Waals surface area contributed by atoms with E-state index in [2.05, 4.69) is 12.3 Å². The topological polar surface area (TPSA) is 46.5 Å². The van der Waals surface area contributed by atoms with Crippen molar-refractivity contribution < 1.29 is 27.8 Å². The first-order valence-corrected chi connectivity index (χ1v) is 5.14. The van der Waals surface area contributed by atoms with Crippen molar-refractivity contribution in [3.05, 3.63) is 40.9 Å². The highest BCUT2D eigenvalue weighted by atomic mass is 19.4. The van der Waals surface area contributed by atoms with Gasteiger partial charge in [-0.25, -0.2) is 4.79 Å². The fraction of sp³-hybridized carbons (Fsp3) is 0.333. The minimum atomic E-state index is -4.78. The molecule has 3 nitrogen and oxygen atoms in total. The molecule has 0 bridgehead atoms. The van der Waals surface area contributed by atoms with E-state index in [9.17, 15) is 18.0 Å². The van der Waals surface area contributed by atoms with Gasteiger partial charge in [-0.1, -0.05) is 18.4 Å². The van der Waals surface area contributed by atoms with Crippen LogP contribution in [0.5, 0.6) is 0 Å². The Morgan fingerprint density at radius 2 is 2.22 bits per heavy atom. The quantitative estimate of drug-likeness (QED) is 0.470. The summed E-state index contributed by atoms with van der Waals surface area (Å²) in [7, 11) is 0. The van der Waals surface area contributed by atoms with Crippen LogP contribution in [0.25, 0.3) is 0 Å². The third-order valence-electron chi connectivity index (χ3n) is 2.73. The highest BCUT2D eigenvalue weighted by Crippen LogP contribution is 2.39. The molecule has 0 amide bonds. The van der Waals surface area contributed by atoms with Gasteiger partial charge in [-0.2, -0.15) is 13.2 Å². The highest BCUT2D eigenvalue weighted by Gasteiger charge is 2.41. The van der Waals surface area contributed by atoms with Crippen molar-refractivity contribution in [1.82, 2.24) is 0 Å². The first kappa shape index (κ1) is 12.5. The molecule has 0 aromatic heterocycles. The van der Waals surface area contributed by atoms with Crippen LogP contribution in [-0.2, 0) is 9.53 Å². The van der Waals surface area contributed by atoms with E-state index in [0.29, 0.717) is 11.1 Å². The average molecular weight is 258 g/mol. The lowest BCUT2D eigenvalue weighted by Gasteiger charge is -2.33. The zero-order valence-corrected chi connectivity index (χ0v) is 9.17. The van der Waals surface area contributed by atoms with Gasteiger partial charge in [0.2, 0.25) is 0 Å². The fourth-order valence-electron chi connectivity index (χ4n) is 1.71. The number of halogens is 3. The molecule has 96 valence electrons. The molecule has 18 heavy (non-hydrogen) atoms. The third kappa shape index (κ3) is 2.19. The molecule has 0 aromatic rings. The first-order chi connectivity index (χ1) is 8.29. The number of aliphatic hydroxyl groups excluding tert-OH is 1. The Bertz CT molecular complexity index is 519. The number of hydrogen-bond acceptors (Lipinski definition) is 3. The molecule has 0 aliphatic heterocycles. The molecule has 1 saturated carbocycles. The summed E-state index contributed by atoms with van der Waals surface area (Å²) in [5, 5.41) is 9.16. The number of ether oxygens (including phenoxy) is 1. The summed E-state index contributed by atoms with van der Waals surface area (Å²) in [6.07, 6.45) is -3.37. The minimum Gasteiger partial charge on any atom is -0.504 e. The Kier molecular flexibility index (Phi) is 2.83. The van der Waals surface area contributed by atoms with Gasteiger partial charge in [-0.05, 0) is 0 Å². The second-order valence-corrected chi connectivity index (χ2v) is 3.99. The number of rotatable bonds is 2. The molecular weight excluding hydrogens is 249 g/mol. The van der Waals surface area contributed by atoms with Crippen molar-refractivity contribution in [1.29, 1.82) is 0 Å². The van der Waals surface area contributed by atoms with Gasteiger partial charge in [0.05, 0.1) is 0 Å². The van der Waals surface area contributed by atoms with Gasteiger partial charge in [0, 0.05) is 24.0 Å². The number of carbonyl (C=O) groups is 1. The lowest BCUT2D eigenvalue weighted by atomic mass is 9.80. The maximum atomic E-state index is 12.2. The number of esters is 1. The van der Waals surface area contributed by atoms with E-state index >= 15 is 0 Å². The Labute approximate surface area is 101 Å². The predicted molar refractivity (Wildman–Crippen MR) is 55.6 cm³/mol. The van der Waals surface area contributed by atoms with Crippen LogP contribution in [-0.4, -0.2) is 23.4 Å². The summed E-state index contributed by atoms with van der Waals surface area (Å²) in [6, 6.07) is 0. The summed E-state index contributed by atoms with van der Waals surface area (Å²) in [6.45, 7) is 2.67. The molecule has 2 aliphatic carbocycles. The maximum Gasteiger partial charge on any atom is 0.422 e. The molecule has 6 heteroatoms. The van der Waals surface area contributed by atoms with E-state index in [1.54, 1.807) is 6.08 Å². The second kappa shape index (κ2) is 4.07. The smallest absolute Gasteiger partial charge is 0.422 e. The standard InChI is InChI=1S/C12H9F3O3/c1-6(12(13,14)15)11(17)18-10-5-7-4-8(16)2-3-9(7)10/h3,10,16H,1-2,5H2. The van der Waals surface area contributed by atoms with E-state index in [1.165, 1.54) is 0 Å². The van der Waals surface area contributed by atoms with Crippen LogP contribution >= 0.6 is 0 Å². The number of hydrogen-bond donors (Lipinski definition) is 1. The van der Waals surface area contributed by atoms with E-state index in [-0.39, 0.29) is 18.6 Å². The van der Waals surface area contributed by atoms with Gasteiger partial charge >= 0.3 is 12.1 Å². The lowest BCUT2D eigenvalue weighted by Crippen LogP contribution is -2.33. The molecule has 2 rings (SSSR count). The van der Waals surface area contributed by atoms with E-state index in [4.69, 9.17) is 9.84 Å². The van der Waals surface area contributed by atoms with Crippen molar-refractivity contribution in [2.24, 2.45) is 0 Å². The normalized spacial score (nSPS) is 21.9. The number of fused-ring (bicyclic) bond motifs is 1. The van der Waals surface area contributed by atoms with Crippen molar-refractivity contribution in [3.63, 3.8) is 0 Å². The van der Waals surface area contributed by atoms with Crippen molar-refractivity contribution in [3.8, 4) is 0 Å². The Hall–Kier alpha value is -1.94. The highest BCUT2D eigenvalue weighted by molar-refractivity contribution is 5.89. The van der Waals surface area contributed by atoms with Crippen LogP contribution in [0.1, 0.15) is 12.8 Å². The second-order valence-electron chi connectivity index (χ2n) is 3.99. The molecule has 1 atom stereocenters. The van der Waals surface area contributed by atoms with E-state index < -0.39 is 23.8 Å². The monoisotopic (exact) mass is 258 g/mol. The molecule has 1 N–H and O–H groups in total. The molecule has 0 saturated heterocycles. The van der Waals surface area contributed by atoms with Crippen LogP contribution in [0.15, 0.2) is 40.9 Å². The van der Waals surface area contributed by atoms with Gasteiger partial charge in [0.1, 0.15) is 17.4 Å². The summed E-state index contributed by atoms with van der Waals surface area (Å²) < 4.78 is 41.3. The number of aliphatic hydroxyl groups is 1. The molecule has 0 heterocycles. The van der Waals surface area contributed by atoms with Gasteiger partial charge < -0.3 is 9.84 Å². The largest absolute Gasteiger partial charge is 0.504 e. The van der Waals surface area contributed by atoms with Crippen LogP contribution in [0.4, 0.5) is 13.2 Å². The molecular formula is C12H9F3O3. The minimum absolute atomic E-state index is 0.0678. The Morgan fingerprint density at radius 1 is 1.56 bits per heavy atom. The molecule has 1 unspecified atom stereocenters. The van der Waals surface area contributed by atoms with Crippen LogP contribution in [0, 0.1) is 0 Å². The van der Waals surface area contributed by atoms with E-state index in [0.717, 1.165) is 0 Å². The molecule has 2 aliphatic rings. The van der Waals surface area contributed by atoms with Crippen LogP contribution in [0.2, 0.25) is 0 Å². The summed E-state index contributed by atoms with van der Waals surface area (Å²) in [5.41, 5.74) is 2.41. The van der Waals surface area contributed by atoms with Crippen LogP contribution in [0.3, 0.4) is 0 Å². The first-order valence-electron chi connectivity index (χ1n) is 5.14.